The van der Waals surface area contributed by atoms with Gasteiger partial charge in [0, 0.05) is 27.9 Å². The summed E-state index contributed by atoms with van der Waals surface area (Å²) >= 11 is 6.03. The number of allylic oxidation sites excluding steroid dienone is 3. The van der Waals surface area contributed by atoms with E-state index in [4.69, 9.17) is 11.6 Å². The minimum absolute atomic E-state index is 0.204. The maximum atomic E-state index is 13.2. The van der Waals surface area contributed by atoms with Crippen molar-refractivity contribution in [3.05, 3.63) is 101 Å². The Bertz CT molecular complexity index is 1130. The summed E-state index contributed by atoms with van der Waals surface area (Å²) in [5, 5.41) is 8.81. The molecule has 0 saturated heterocycles. The minimum Gasteiger partial charge on any atom is -0.332 e. The number of carbonyl (C=O) groups excluding carboxylic acids is 2. The molecule has 4 rings (SSSR count). The first-order chi connectivity index (χ1) is 14.1. The predicted molar refractivity (Wildman–Crippen MR) is 111 cm³/mol. The zero-order valence-corrected chi connectivity index (χ0v) is 16.2. The fourth-order valence-corrected chi connectivity index (χ4v) is 3.36. The molecule has 1 aliphatic rings. The number of ketones is 2. The van der Waals surface area contributed by atoms with Crippen molar-refractivity contribution in [1.82, 2.24) is 15.0 Å². The molecule has 0 saturated carbocycles. The van der Waals surface area contributed by atoms with Gasteiger partial charge in [0.1, 0.15) is 5.69 Å². The molecule has 0 N–H and O–H groups in total. The average Bonchev–Trinajstić information content (AvgIpc) is 3.17. The van der Waals surface area contributed by atoms with Gasteiger partial charge in [0.25, 0.3) is 0 Å². The average molecular weight is 405 g/mol. The van der Waals surface area contributed by atoms with Gasteiger partial charge >= 0.3 is 0 Å². The van der Waals surface area contributed by atoms with E-state index in [-0.39, 0.29) is 23.8 Å². The molecule has 0 aliphatic heterocycles. The van der Waals surface area contributed by atoms with Gasteiger partial charge in [-0.3, -0.25) is 9.59 Å². The van der Waals surface area contributed by atoms with Crippen molar-refractivity contribution in [2.75, 3.05) is 4.90 Å². The minimum atomic E-state index is -0.214. The lowest BCUT2D eigenvalue weighted by atomic mass is 9.92. The summed E-state index contributed by atoms with van der Waals surface area (Å²) in [6, 6.07) is 13.9. The first kappa shape index (κ1) is 18.8. The molecule has 1 heterocycles. The third kappa shape index (κ3) is 3.75. The van der Waals surface area contributed by atoms with Crippen molar-refractivity contribution in [3.63, 3.8) is 0 Å². The molecule has 7 heteroatoms. The van der Waals surface area contributed by atoms with Gasteiger partial charge in [-0.2, -0.15) is 0 Å². The topological polar surface area (TPSA) is 68.1 Å². The fraction of sp³-hybridized carbons (Fsp3) is 0.0909. The van der Waals surface area contributed by atoms with Crippen LogP contribution < -0.4 is 4.90 Å². The molecule has 0 radical (unpaired) electrons. The van der Waals surface area contributed by atoms with Crippen molar-refractivity contribution in [2.45, 2.75) is 13.1 Å². The lowest BCUT2D eigenvalue weighted by molar-refractivity contribution is 0.0981. The first-order valence-electron chi connectivity index (χ1n) is 8.99. The van der Waals surface area contributed by atoms with Crippen LogP contribution in [0.5, 0.6) is 0 Å². The second-order valence-corrected chi connectivity index (χ2v) is 6.99. The monoisotopic (exact) mass is 404 g/mol. The van der Waals surface area contributed by atoms with E-state index in [1.54, 1.807) is 70.4 Å². The molecule has 2 aromatic carbocycles. The number of Topliss-reactive ketones (excluding diaryl/α,β-unsaturated/α-hetero) is 1. The fourth-order valence-electron chi connectivity index (χ4n) is 3.23. The van der Waals surface area contributed by atoms with Crippen molar-refractivity contribution in [2.24, 2.45) is 0 Å². The maximum Gasteiger partial charge on any atom is 0.210 e. The standard InChI is InChI=1S/C22H17ClN4O2/c1-2-11-26-13-16(24-25-26)14-27(17-9-7-15(23)8-10-17)20-12-21(28)18-5-3-4-6-19(18)22(20)29/h2-10,12-13H,1,11,14H2. The Balaban J connectivity index is 1.76. The van der Waals surface area contributed by atoms with E-state index < -0.39 is 0 Å². The summed E-state index contributed by atoms with van der Waals surface area (Å²) in [7, 11) is 0. The summed E-state index contributed by atoms with van der Waals surface area (Å²) in [4.78, 5) is 27.6. The van der Waals surface area contributed by atoms with Gasteiger partial charge in [0.05, 0.1) is 25.0 Å². The smallest absolute Gasteiger partial charge is 0.210 e. The Hall–Kier alpha value is -3.51. The van der Waals surface area contributed by atoms with Crippen LogP contribution in [0.25, 0.3) is 0 Å². The van der Waals surface area contributed by atoms with Crippen LogP contribution in [0.15, 0.2) is 79.2 Å². The van der Waals surface area contributed by atoms with Gasteiger partial charge < -0.3 is 4.90 Å². The van der Waals surface area contributed by atoms with Crippen LogP contribution in [0.1, 0.15) is 26.4 Å². The van der Waals surface area contributed by atoms with Gasteiger partial charge in [0.2, 0.25) is 5.78 Å². The Labute approximate surface area is 172 Å². The summed E-state index contributed by atoms with van der Waals surface area (Å²) in [5.41, 5.74) is 2.47. The van der Waals surface area contributed by atoms with E-state index in [2.05, 4.69) is 16.9 Å². The number of nitrogens with zero attached hydrogens (tertiary/aromatic N) is 4. The number of halogens is 1. The largest absolute Gasteiger partial charge is 0.332 e. The van der Waals surface area contributed by atoms with Gasteiger partial charge in [0.15, 0.2) is 5.78 Å². The van der Waals surface area contributed by atoms with Crippen LogP contribution >= 0.6 is 11.6 Å². The van der Waals surface area contributed by atoms with E-state index in [0.717, 1.165) is 5.69 Å². The Morgan fingerprint density at radius 1 is 1.07 bits per heavy atom. The van der Waals surface area contributed by atoms with Crippen molar-refractivity contribution in [1.29, 1.82) is 0 Å². The summed E-state index contributed by atoms with van der Waals surface area (Å²) in [5.74, 6) is -0.418. The lowest BCUT2D eigenvalue weighted by Crippen LogP contribution is -2.31. The van der Waals surface area contributed by atoms with Crippen molar-refractivity contribution >= 4 is 28.9 Å². The number of anilines is 1. The molecular weight excluding hydrogens is 388 g/mol. The number of fused-ring (bicyclic) bond motifs is 1. The highest BCUT2D eigenvalue weighted by Gasteiger charge is 2.30. The summed E-state index contributed by atoms with van der Waals surface area (Å²) < 4.78 is 1.65. The van der Waals surface area contributed by atoms with Crippen LogP contribution in [0, 0.1) is 0 Å². The molecule has 1 aliphatic carbocycles. The highest BCUT2D eigenvalue weighted by atomic mass is 35.5. The number of hydrogen-bond donors (Lipinski definition) is 0. The molecule has 0 spiro atoms. The molecule has 0 atom stereocenters. The van der Waals surface area contributed by atoms with Crippen molar-refractivity contribution in [3.8, 4) is 0 Å². The Kier molecular flexibility index (Phi) is 5.10. The molecule has 6 nitrogen and oxygen atoms in total. The van der Waals surface area contributed by atoms with Crippen molar-refractivity contribution < 1.29 is 9.59 Å². The van der Waals surface area contributed by atoms with E-state index >= 15 is 0 Å². The maximum absolute atomic E-state index is 13.2. The van der Waals surface area contributed by atoms with Crippen LogP contribution in [0.3, 0.4) is 0 Å². The van der Waals surface area contributed by atoms with E-state index in [0.29, 0.717) is 28.4 Å². The third-order valence-corrected chi connectivity index (χ3v) is 4.84. The molecular formula is C22H17ClN4O2. The number of hydrogen-bond acceptors (Lipinski definition) is 5. The normalized spacial score (nSPS) is 13.1. The van der Waals surface area contributed by atoms with E-state index in [1.165, 1.54) is 6.08 Å². The molecule has 1 aromatic heterocycles. The molecule has 3 aromatic rings. The zero-order chi connectivity index (χ0) is 20.4. The molecule has 29 heavy (non-hydrogen) atoms. The van der Waals surface area contributed by atoms with Gasteiger partial charge in [-0.1, -0.05) is 47.2 Å². The molecule has 144 valence electrons. The third-order valence-electron chi connectivity index (χ3n) is 4.59. The number of carbonyl (C=O) groups is 2. The quantitative estimate of drug-likeness (QED) is 0.579. The molecule has 0 unspecified atom stereocenters. The highest BCUT2D eigenvalue weighted by Crippen LogP contribution is 2.29. The second kappa shape index (κ2) is 7.85. The Morgan fingerprint density at radius 2 is 1.79 bits per heavy atom. The number of rotatable bonds is 6. The van der Waals surface area contributed by atoms with Crippen LogP contribution in [0.2, 0.25) is 5.02 Å². The molecule has 0 amide bonds. The zero-order valence-electron chi connectivity index (χ0n) is 15.5. The molecule has 0 fully saturated rings. The van der Waals surface area contributed by atoms with E-state index in [1.807, 2.05) is 0 Å². The number of aromatic nitrogens is 3. The van der Waals surface area contributed by atoms with E-state index in [9.17, 15) is 9.59 Å². The predicted octanol–water partition coefficient (Wildman–Crippen LogP) is 4.09. The van der Waals surface area contributed by atoms with Crippen LogP contribution in [-0.4, -0.2) is 26.6 Å². The SMILES string of the molecule is C=CCn1cc(CN(C2=CC(=O)c3ccccc3C2=O)c2ccc(Cl)cc2)nn1. The summed E-state index contributed by atoms with van der Waals surface area (Å²) in [6.45, 7) is 4.49. The van der Waals surface area contributed by atoms with Crippen LogP contribution in [-0.2, 0) is 13.1 Å². The van der Waals surface area contributed by atoms with Gasteiger partial charge in [-0.15, -0.1) is 11.7 Å². The first-order valence-corrected chi connectivity index (χ1v) is 9.37. The van der Waals surface area contributed by atoms with Crippen LogP contribution in [0.4, 0.5) is 5.69 Å². The number of benzene rings is 2. The Morgan fingerprint density at radius 3 is 2.52 bits per heavy atom. The summed E-state index contributed by atoms with van der Waals surface area (Å²) in [6.07, 6.45) is 4.89. The molecule has 0 bridgehead atoms. The highest BCUT2D eigenvalue weighted by molar-refractivity contribution is 6.30. The second-order valence-electron chi connectivity index (χ2n) is 6.55. The lowest BCUT2D eigenvalue weighted by Gasteiger charge is -2.28. The van der Waals surface area contributed by atoms with Gasteiger partial charge in [-0.05, 0) is 24.3 Å². The van der Waals surface area contributed by atoms with Gasteiger partial charge in [-0.25, -0.2) is 4.68 Å².